The number of H-pyrrole nitrogens is 1. The predicted octanol–water partition coefficient (Wildman–Crippen LogP) is 4.09. The maximum absolute atomic E-state index is 6.50. The molecule has 0 spiro atoms. The van der Waals surface area contributed by atoms with Gasteiger partial charge in [0.25, 0.3) is 0 Å². The van der Waals surface area contributed by atoms with Crippen molar-refractivity contribution < 1.29 is 0 Å². The molecule has 0 atom stereocenters. The van der Waals surface area contributed by atoms with Crippen molar-refractivity contribution in [3.05, 3.63) is 28.7 Å². The third-order valence-corrected chi connectivity index (χ3v) is 6.34. The Morgan fingerprint density at radius 3 is 2.68 bits per heavy atom. The Morgan fingerprint density at radius 1 is 1.16 bits per heavy atom. The van der Waals surface area contributed by atoms with E-state index in [1.165, 1.54) is 43.4 Å². The Labute approximate surface area is 155 Å². The lowest BCUT2D eigenvalue weighted by Gasteiger charge is -2.32. The van der Waals surface area contributed by atoms with Crippen molar-refractivity contribution >= 4 is 22.5 Å². The first-order valence-electron chi connectivity index (χ1n) is 9.75. The second-order valence-corrected chi connectivity index (χ2v) is 8.25. The molecule has 1 aliphatic heterocycles. The number of nitrogens with zero attached hydrogens (tertiary/aromatic N) is 3. The van der Waals surface area contributed by atoms with Crippen LogP contribution in [0.2, 0.25) is 5.15 Å². The van der Waals surface area contributed by atoms with Crippen molar-refractivity contribution in [2.45, 2.75) is 45.1 Å². The van der Waals surface area contributed by atoms with Gasteiger partial charge in [-0.25, -0.2) is 4.98 Å². The van der Waals surface area contributed by atoms with Gasteiger partial charge in [-0.05, 0) is 31.0 Å². The van der Waals surface area contributed by atoms with Crippen LogP contribution in [-0.4, -0.2) is 53.0 Å². The van der Waals surface area contributed by atoms with E-state index in [1.807, 2.05) is 6.20 Å². The summed E-state index contributed by atoms with van der Waals surface area (Å²) in [7, 11) is 2.21. The maximum atomic E-state index is 6.50. The Hall–Kier alpha value is -1.10. The molecule has 2 fully saturated rings. The van der Waals surface area contributed by atoms with E-state index < -0.39 is 0 Å². The van der Waals surface area contributed by atoms with Crippen LogP contribution in [0.3, 0.4) is 0 Å². The number of hydrogen-bond donors (Lipinski definition) is 1. The first-order chi connectivity index (χ1) is 12.2. The van der Waals surface area contributed by atoms with Crippen LogP contribution in [0.25, 0.3) is 10.9 Å². The highest BCUT2D eigenvalue weighted by Crippen LogP contribution is 2.33. The van der Waals surface area contributed by atoms with Crippen molar-refractivity contribution in [2.24, 2.45) is 5.92 Å². The number of fused-ring (bicyclic) bond motifs is 1. The highest BCUT2D eigenvalue weighted by Gasteiger charge is 2.23. The van der Waals surface area contributed by atoms with Crippen LogP contribution >= 0.6 is 11.6 Å². The Kier molecular flexibility index (Phi) is 5.30. The Bertz CT molecular complexity index is 712. The molecular weight excluding hydrogens is 332 g/mol. The Morgan fingerprint density at radius 2 is 1.92 bits per heavy atom. The van der Waals surface area contributed by atoms with Gasteiger partial charge >= 0.3 is 0 Å². The Balaban J connectivity index is 1.62. The summed E-state index contributed by atoms with van der Waals surface area (Å²) in [5.74, 6) is 0.819. The SMILES string of the molecule is CN1CCN(Cc2c(CC3CCCCC3)[nH]c3ccnc(Cl)c23)CC1. The van der Waals surface area contributed by atoms with Crippen LogP contribution in [-0.2, 0) is 13.0 Å². The summed E-state index contributed by atoms with van der Waals surface area (Å²) in [5, 5.41) is 1.79. The summed E-state index contributed by atoms with van der Waals surface area (Å²) in [4.78, 5) is 13.0. The standard InChI is InChI=1S/C20H29ClN4/c1-24-9-11-25(12-10-24)14-16-18(13-15-5-3-2-4-6-15)23-17-7-8-22-20(21)19(16)17/h7-8,15,23H,2-6,9-14H2,1H3. The molecule has 2 aromatic heterocycles. The average molecular weight is 361 g/mol. The van der Waals surface area contributed by atoms with Crippen molar-refractivity contribution in [3.8, 4) is 0 Å². The van der Waals surface area contributed by atoms with Gasteiger partial charge in [-0.15, -0.1) is 0 Å². The minimum Gasteiger partial charge on any atom is -0.358 e. The molecule has 136 valence electrons. The number of likely N-dealkylation sites (N-methyl/N-ethyl adjacent to an activating group) is 1. The number of piperazine rings is 1. The maximum Gasteiger partial charge on any atom is 0.138 e. The zero-order chi connectivity index (χ0) is 17.2. The van der Waals surface area contributed by atoms with Gasteiger partial charge in [0, 0.05) is 50.0 Å². The molecule has 4 rings (SSSR count). The molecule has 2 aromatic rings. The summed E-state index contributed by atoms with van der Waals surface area (Å²) in [5.41, 5.74) is 3.94. The topological polar surface area (TPSA) is 35.2 Å². The smallest absolute Gasteiger partial charge is 0.138 e. The van der Waals surface area contributed by atoms with Crippen LogP contribution in [0.15, 0.2) is 12.3 Å². The molecule has 1 saturated heterocycles. The van der Waals surface area contributed by atoms with E-state index >= 15 is 0 Å². The molecule has 1 saturated carbocycles. The lowest BCUT2D eigenvalue weighted by atomic mass is 9.85. The zero-order valence-corrected chi connectivity index (χ0v) is 16.0. The van der Waals surface area contributed by atoms with Gasteiger partial charge in [0.2, 0.25) is 0 Å². The van der Waals surface area contributed by atoms with E-state index in [4.69, 9.17) is 11.6 Å². The van der Waals surface area contributed by atoms with Crippen LogP contribution in [0, 0.1) is 5.92 Å². The lowest BCUT2D eigenvalue weighted by molar-refractivity contribution is 0.148. The van der Waals surface area contributed by atoms with E-state index in [0.717, 1.165) is 56.0 Å². The molecule has 3 heterocycles. The normalized spacial score (nSPS) is 21.2. The molecule has 1 N–H and O–H groups in total. The number of rotatable bonds is 4. The predicted molar refractivity (Wildman–Crippen MR) is 104 cm³/mol. The third-order valence-electron chi connectivity index (χ3n) is 6.05. The van der Waals surface area contributed by atoms with Crippen molar-refractivity contribution in [1.82, 2.24) is 19.8 Å². The minimum atomic E-state index is 0.646. The summed E-state index contributed by atoms with van der Waals surface area (Å²) in [6, 6.07) is 2.07. The fraction of sp³-hybridized carbons (Fsp3) is 0.650. The molecule has 0 amide bonds. The summed E-state index contributed by atoms with van der Waals surface area (Å²) >= 11 is 6.50. The number of hydrogen-bond acceptors (Lipinski definition) is 3. The molecule has 5 heteroatoms. The van der Waals surface area contributed by atoms with Crippen LogP contribution in [0.4, 0.5) is 0 Å². The minimum absolute atomic E-state index is 0.646. The first-order valence-corrected chi connectivity index (χ1v) is 10.1. The number of pyridine rings is 1. The average Bonchev–Trinajstić information content (AvgIpc) is 2.96. The molecule has 0 unspecified atom stereocenters. The number of aromatic nitrogens is 2. The molecule has 2 aliphatic rings. The molecule has 0 radical (unpaired) electrons. The highest BCUT2D eigenvalue weighted by molar-refractivity contribution is 6.34. The van der Waals surface area contributed by atoms with Gasteiger partial charge in [0.1, 0.15) is 5.15 Å². The van der Waals surface area contributed by atoms with E-state index in [0.29, 0.717) is 5.15 Å². The fourth-order valence-electron chi connectivity index (χ4n) is 4.47. The molecular formula is C20H29ClN4. The monoisotopic (exact) mass is 360 g/mol. The molecule has 0 aromatic carbocycles. The van der Waals surface area contributed by atoms with Crippen LogP contribution < -0.4 is 0 Å². The molecule has 25 heavy (non-hydrogen) atoms. The van der Waals surface area contributed by atoms with Gasteiger partial charge in [0.15, 0.2) is 0 Å². The third kappa shape index (κ3) is 3.86. The van der Waals surface area contributed by atoms with Crippen LogP contribution in [0.5, 0.6) is 0 Å². The number of aromatic amines is 1. The zero-order valence-electron chi connectivity index (χ0n) is 15.2. The second kappa shape index (κ2) is 7.65. The largest absolute Gasteiger partial charge is 0.358 e. The number of halogens is 1. The lowest BCUT2D eigenvalue weighted by Crippen LogP contribution is -2.44. The van der Waals surface area contributed by atoms with Crippen molar-refractivity contribution in [2.75, 3.05) is 33.2 Å². The summed E-state index contributed by atoms with van der Waals surface area (Å²) in [6.45, 7) is 5.54. The van der Waals surface area contributed by atoms with Gasteiger partial charge in [-0.2, -0.15) is 0 Å². The highest BCUT2D eigenvalue weighted by atomic mass is 35.5. The molecule has 4 nitrogen and oxygen atoms in total. The number of nitrogens with one attached hydrogen (secondary N) is 1. The molecule has 0 bridgehead atoms. The van der Waals surface area contributed by atoms with Gasteiger partial charge < -0.3 is 9.88 Å². The van der Waals surface area contributed by atoms with Crippen molar-refractivity contribution in [3.63, 3.8) is 0 Å². The van der Waals surface area contributed by atoms with E-state index in [2.05, 4.69) is 32.9 Å². The fourth-order valence-corrected chi connectivity index (χ4v) is 4.75. The quantitative estimate of drug-likeness (QED) is 0.834. The van der Waals surface area contributed by atoms with E-state index in [-0.39, 0.29) is 0 Å². The van der Waals surface area contributed by atoms with Crippen LogP contribution in [0.1, 0.15) is 43.4 Å². The van der Waals surface area contributed by atoms with Crippen molar-refractivity contribution in [1.29, 1.82) is 0 Å². The first kappa shape index (κ1) is 17.3. The van der Waals surface area contributed by atoms with Gasteiger partial charge in [0.05, 0.1) is 5.52 Å². The van der Waals surface area contributed by atoms with E-state index in [1.54, 1.807) is 0 Å². The summed E-state index contributed by atoms with van der Waals surface area (Å²) in [6.07, 6.45) is 9.90. The molecule has 1 aliphatic carbocycles. The van der Waals surface area contributed by atoms with E-state index in [9.17, 15) is 0 Å². The van der Waals surface area contributed by atoms with Gasteiger partial charge in [-0.3, -0.25) is 4.90 Å². The summed E-state index contributed by atoms with van der Waals surface area (Å²) < 4.78 is 0. The van der Waals surface area contributed by atoms with Gasteiger partial charge in [-0.1, -0.05) is 43.7 Å². The second-order valence-electron chi connectivity index (χ2n) is 7.89.